The van der Waals surface area contributed by atoms with E-state index in [1.54, 1.807) is 6.07 Å². The van der Waals surface area contributed by atoms with E-state index in [0.717, 1.165) is 6.42 Å². The van der Waals surface area contributed by atoms with Crippen LogP contribution in [0.3, 0.4) is 0 Å². The molecule has 0 radical (unpaired) electrons. The van der Waals surface area contributed by atoms with Crippen LogP contribution < -0.4 is 11.1 Å². The summed E-state index contributed by atoms with van der Waals surface area (Å²) in [6.07, 6.45) is 1.13. The first kappa shape index (κ1) is 14.7. The smallest absolute Gasteiger partial charge is 0.337 e. The Kier molecular flexibility index (Phi) is 3.90. The van der Waals surface area contributed by atoms with Crippen LogP contribution in [0, 0.1) is 5.41 Å². The molecule has 0 heterocycles. The molecule has 1 fully saturated rings. The predicted octanol–water partition coefficient (Wildman–Crippen LogP) is 2.58. The van der Waals surface area contributed by atoms with Gasteiger partial charge in [-0.15, -0.1) is 0 Å². The van der Waals surface area contributed by atoms with Crippen molar-refractivity contribution in [1.82, 2.24) is 0 Å². The number of ether oxygens (including phenoxy) is 1. The van der Waals surface area contributed by atoms with Crippen LogP contribution >= 0.6 is 0 Å². The fourth-order valence-corrected chi connectivity index (χ4v) is 2.68. The van der Waals surface area contributed by atoms with Crippen LogP contribution in [0.4, 0.5) is 11.4 Å². The van der Waals surface area contributed by atoms with Crippen molar-refractivity contribution in [1.29, 1.82) is 0 Å². The van der Waals surface area contributed by atoms with Crippen LogP contribution in [0.25, 0.3) is 0 Å². The minimum atomic E-state index is -1.01. The quantitative estimate of drug-likeness (QED) is 0.721. The fraction of sp³-hybridized carbons (Fsp3) is 0.533. The third-order valence-corrected chi connectivity index (χ3v) is 4.21. The first-order chi connectivity index (χ1) is 9.37. The maximum absolute atomic E-state index is 11.1. The van der Waals surface area contributed by atoms with Crippen molar-refractivity contribution in [2.75, 3.05) is 17.7 Å². The Hall–Kier alpha value is -1.75. The SMILES string of the molecule is CCOC1CC(Nc2cccc(C(=O)O)c2N)C1(C)C. The number of rotatable bonds is 5. The highest BCUT2D eigenvalue weighted by atomic mass is 16.5. The Morgan fingerprint density at radius 3 is 2.80 bits per heavy atom. The normalized spacial score (nSPS) is 23.9. The Balaban J connectivity index is 2.13. The monoisotopic (exact) mass is 278 g/mol. The molecule has 1 aromatic rings. The highest BCUT2D eigenvalue weighted by molar-refractivity contribution is 5.97. The van der Waals surface area contributed by atoms with E-state index in [1.807, 2.05) is 13.0 Å². The Labute approximate surface area is 119 Å². The number of hydrogen-bond acceptors (Lipinski definition) is 4. The summed E-state index contributed by atoms with van der Waals surface area (Å²) in [4.78, 5) is 11.1. The molecule has 5 heteroatoms. The van der Waals surface area contributed by atoms with Gasteiger partial charge in [0.15, 0.2) is 0 Å². The second-order valence-electron chi connectivity index (χ2n) is 5.77. The van der Waals surface area contributed by atoms with E-state index in [2.05, 4.69) is 19.2 Å². The molecule has 0 amide bonds. The van der Waals surface area contributed by atoms with Crippen LogP contribution in [0.2, 0.25) is 0 Å². The van der Waals surface area contributed by atoms with Gasteiger partial charge in [0.2, 0.25) is 0 Å². The number of carboxylic acid groups (broad SMARTS) is 1. The molecule has 0 spiro atoms. The van der Waals surface area contributed by atoms with E-state index in [9.17, 15) is 4.79 Å². The van der Waals surface area contributed by atoms with Gasteiger partial charge in [-0.3, -0.25) is 0 Å². The molecule has 110 valence electrons. The van der Waals surface area contributed by atoms with Crippen molar-refractivity contribution in [3.05, 3.63) is 23.8 Å². The van der Waals surface area contributed by atoms with Gasteiger partial charge < -0.3 is 20.9 Å². The molecule has 2 rings (SSSR count). The molecule has 1 aromatic carbocycles. The van der Waals surface area contributed by atoms with Gasteiger partial charge >= 0.3 is 5.97 Å². The van der Waals surface area contributed by atoms with Crippen LogP contribution in [-0.2, 0) is 4.74 Å². The standard InChI is InChI=1S/C15H22N2O3/c1-4-20-12-8-11(15(12,2)3)17-10-7-5-6-9(13(10)16)14(18)19/h5-7,11-12,17H,4,8,16H2,1-3H3,(H,18,19). The van der Waals surface area contributed by atoms with E-state index >= 15 is 0 Å². The lowest BCUT2D eigenvalue weighted by Gasteiger charge is -2.52. The van der Waals surface area contributed by atoms with Crippen LogP contribution in [0.1, 0.15) is 37.6 Å². The number of anilines is 2. The minimum absolute atomic E-state index is 0.00167. The van der Waals surface area contributed by atoms with Crippen molar-refractivity contribution in [2.24, 2.45) is 5.41 Å². The lowest BCUT2D eigenvalue weighted by atomic mass is 9.64. The highest BCUT2D eigenvalue weighted by Gasteiger charge is 2.49. The predicted molar refractivity (Wildman–Crippen MR) is 79.0 cm³/mol. The van der Waals surface area contributed by atoms with Gasteiger partial charge in [-0.25, -0.2) is 4.79 Å². The molecule has 5 nitrogen and oxygen atoms in total. The highest BCUT2D eigenvalue weighted by Crippen LogP contribution is 2.45. The summed E-state index contributed by atoms with van der Waals surface area (Å²) in [5.74, 6) is -1.01. The molecule has 0 bridgehead atoms. The second kappa shape index (κ2) is 5.32. The molecule has 2 atom stereocenters. The van der Waals surface area contributed by atoms with Crippen molar-refractivity contribution < 1.29 is 14.6 Å². The molecular formula is C15H22N2O3. The number of aromatic carboxylic acids is 1. The first-order valence-electron chi connectivity index (χ1n) is 6.87. The van der Waals surface area contributed by atoms with Gasteiger partial charge in [-0.05, 0) is 25.5 Å². The van der Waals surface area contributed by atoms with Crippen molar-refractivity contribution in [3.63, 3.8) is 0 Å². The molecule has 20 heavy (non-hydrogen) atoms. The number of para-hydroxylation sites is 1. The lowest BCUT2D eigenvalue weighted by molar-refractivity contribution is -0.0975. The summed E-state index contributed by atoms with van der Waals surface area (Å²) in [5, 5.41) is 12.4. The molecule has 1 aliphatic carbocycles. The molecule has 0 aromatic heterocycles. The van der Waals surface area contributed by atoms with Crippen LogP contribution in [-0.4, -0.2) is 29.8 Å². The fourth-order valence-electron chi connectivity index (χ4n) is 2.68. The average molecular weight is 278 g/mol. The molecule has 1 aliphatic rings. The number of carbonyl (C=O) groups is 1. The van der Waals surface area contributed by atoms with E-state index in [-0.39, 0.29) is 28.8 Å². The van der Waals surface area contributed by atoms with E-state index < -0.39 is 5.97 Å². The summed E-state index contributed by atoms with van der Waals surface area (Å²) in [6, 6.07) is 5.25. The third-order valence-electron chi connectivity index (χ3n) is 4.21. The summed E-state index contributed by atoms with van der Waals surface area (Å²) in [5.41, 5.74) is 7.02. The largest absolute Gasteiger partial charge is 0.478 e. The zero-order valence-corrected chi connectivity index (χ0v) is 12.1. The van der Waals surface area contributed by atoms with Gasteiger partial charge in [0, 0.05) is 18.1 Å². The van der Waals surface area contributed by atoms with E-state index in [1.165, 1.54) is 6.07 Å². The first-order valence-corrected chi connectivity index (χ1v) is 6.87. The Bertz CT molecular complexity index is 514. The van der Waals surface area contributed by atoms with E-state index in [0.29, 0.717) is 12.3 Å². The number of nitrogen functional groups attached to an aromatic ring is 1. The molecule has 1 saturated carbocycles. The van der Waals surface area contributed by atoms with Gasteiger partial charge in [-0.2, -0.15) is 0 Å². The van der Waals surface area contributed by atoms with E-state index in [4.69, 9.17) is 15.6 Å². The zero-order chi connectivity index (χ0) is 14.9. The molecule has 0 aliphatic heterocycles. The number of hydrogen-bond donors (Lipinski definition) is 3. The summed E-state index contributed by atoms with van der Waals surface area (Å²) in [7, 11) is 0. The maximum atomic E-state index is 11.1. The Morgan fingerprint density at radius 2 is 2.25 bits per heavy atom. The molecule has 0 saturated heterocycles. The zero-order valence-electron chi connectivity index (χ0n) is 12.1. The summed E-state index contributed by atoms with van der Waals surface area (Å²) in [6.45, 7) is 6.99. The number of nitrogens with two attached hydrogens (primary N) is 1. The number of benzene rings is 1. The Morgan fingerprint density at radius 1 is 1.55 bits per heavy atom. The summed E-state index contributed by atoms with van der Waals surface area (Å²) < 4.78 is 5.69. The second-order valence-corrected chi connectivity index (χ2v) is 5.77. The molecule has 2 unspecified atom stereocenters. The van der Waals surface area contributed by atoms with Gasteiger partial charge in [0.25, 0.3) is 0 Å². The van der Waals surface area contributed by atoms with Crippen molar-refractivity contribution >= 4 is 17.3 Å². The van der Waals surface area contributed by atoms with Gasteiger partial charge in [-0.1, -0.05) is 19.9 Å². The van der Waals surface area contributed by atoms with Gasteiger partial charge in [0.1, 0.15) is 0 Å². The molecular weight excluding hydrogens is 256 g/mol. The number of nitrogens with one attached hydrogen (secondary N) is 1. The summed E-state index contributed by atoms with van der Waals surface area (Å²) >= 11 is 0. The number of carboxylic acids is 1. The molecule has 4 N–H and O–H groups in total. The van der Waals surface area contributed by atoms with Crippen LogP contribution in [0.5, 0.6) is 0 Å². The third kappa shape index (κ3) is 2.45. The lowest BCUT2D eigenvalue weighted by Crippen LogP contribution is -2.58. The van der Waals surface area contributed by atoms with Crippen LogP contribution in [0.15, 0.2) is 18.2 Å². The average Bonchev–Trinajstić information content (AvgIpc) is 2.39. The topological polar surface area (TPSA) is 84.6 Å². The van der Waals surface area contributed by atoms with Crippen molar-refractivity contribution in [3.8, 4) is 0 Å². The maximum Gasteiger partial charge on any atom is 0.337 e. The van der Waals surface area contributed by atoms with Crippen molar-refractivity contribution in [2.45, 2.75) is 39.3 Å². The van der Waals surface area contributed by atoms with Gasteiger partial charge in [0.05, 0.1) is 23.0 Å². The minimum Gasteiger partial charge on any atom is -0.478 e.